The first-order valence-corrected chi connectivity index (χ1v) is 7.40. The van der Waals surface area contributed by atoms with Gasteiger partial charge in [-0.25, -0.2) is 4.98 Å². The molecular formula is C18H14N4. The molecule has 4 aromatic rings. The Morgan fingerprint density at radius 3 is 2.77 bits per heavy atom. The van der Waals surface area contributed by atoms with Gasteiger partial charge in [0.25, 0.3) is 0 Å². The average Bonchev–Trinajstić information content (AvgIpc) is 2.96. The number of rotatable bonds is 2. The van der Waals surface area contributed by atoms with E-state index in [1.54, 1.807) is 0 Å². The largest absolute Gasteiger partial charge is 0.265 e. The molecule has 2 heterocycles. The number of benzene rings is 2. The monoisotopic (exact) mass is 286 g/mol. The number of aryl methyl sites for hydroxylation is 1. The van der Waals surface area contributed by atoms with Crippen molar-refractivity contribution in [3.8, 4) is 6.07 Å². The molecule has 4 rings (SSSR count). The molecule has 4 heteroatoms. The van der Waals surface area contributed by atoms with Crippen molar-refractivity contribution in [2.75, 3.05) is 0 Å². The van der Waals surface area contributed by atoms with Crippen LogP contribution in [-0.4, -0.2) is 14.8 Å². The molecule has 0 N–H and O–H groups in total. The van der Waals surface area contributed by atoms with Gasteiger partial charge >= 0.3 is 0 Å². The van der Waals surface area contributed by atoms with Crippen LogP contribution in [-0.2, 0) is 6.54 Å². The molecule has 0 amide bonds. The van der Waals surface area contributed by atoms with E-state index < -0.39 is 0 Å². The standard InChI is InChI=1S/C18H14N4/c1-2-9-22-17-8-7-16-18(14(17)11-20-22)13(10-19)12-5-3-4-6-15(12)21-16/h3-8,11H,2,9H2,1H3. The number of hydrogen-bond donors (Lipinski definition) is 0. The molecule has 2 aromatic heterocycles. The summed E-state index contributed by atoms with van der Waals surface area (Å²) in [6.45, 7) is 3.00. The Labute approximate surface area is 127 Å². The zero-order valence-electron chi connectivity index (χ0n) is 12.2. The van der Waals surface area contributed by atoms with E-state index in [9.17, 15) is 5.26 Å². The quantitative estimate of drug-likeness (QED) is 0.523. The maximum Gasteiger partial charge on any atom is 0.101 e. The zero-order chi connectivity index (χ0) is 15.1. The van der Waals surface area contributed by atoms with Crippen molar-refractivity contribution < 1.29 is 0 Å². The van der Waals surface area contributed by atoms with Gasteiger partial charge in [-0.1, -0.05) is 25.1 Å². The summed E-state index contributed by atoms with van der Waals surface area (Å²) >= 11 is 0. The molecule has 0 unspecified atom stereocenters. The molecule has 2 aromatic carbocycles. The SMILES string of the molecule is CCCn1ncc2c3c(C#N)c4ccccc4nc3ccc21. The summed E-state index contributed by atoms with van der Waals surface area (Å²) in [7, 11) is 0. The van der Waals surface area contributed by atoms with Gasteiger partial charge in [-0.3, -0.25) is 4.68 Å². The minimum Gasteiger partial charge on any atom is -0.265 e. The summed E-state index contributed by atoms with van der Waals surface area (Å²) in [6.07, 6.45) is 2.88. The van der Waals surface area contributed by atoms with Crippen molar-refractivity contribution in [1.29, 1.82) is 5.26 Å². The highest BCUT2D eigenvalue weighted by molar-refractivity contribution is 6.12. The molecule has 0 aliphatic rings. The van der Waals surface area contributed by atoms with Gasteiger partial charge in [0.15, 0.2) is 0 Å². The third kappa shape index (κ3) is 1.69. The second-order valence-corrected chi connectivity index (χ2v) is 5.38. The summed E-state index contributed by atoms with van der Waals surface area (Å²) in [4.78, 5) is 4.70. The molecule has 0 bridgehead atoms. The first kappa shape index (κ1) is 12.8. The molecule has 0 saturated heterocycles. The Morgan fingerprint density at radius 2 is 1.95 bits per heavy atom. The topological polar surface area (TPSA) is 54.5 Å². The molecule has 4 nitrogen and oxygen atoms in total. The first-order valence-electron chi connectivity index (χ1n) is 7.40. The van der Waals surface area contributed by atoms with Crippen molar-refractivity contribution >= 4 is 32.7 Å². The van der Waals surface area contributed by atoms with Crippen molar-refractivity contribution in [3.05, 3.63) is 48.2 Å². The van der Waals surface area contributed by atoms with E-state index in [1.165, 1.54) is 0 Å². The maximum atomic E-state index is 9.70. The van der Waals surface area contributed by atoms with Crippen LogP contribution in [0, 0.1) is 11.3 Å². The minimum atomic E-state index is 0.683. The number of nitriles is 1. The second kappa shape index (κ2) is 4.81. The highest BCUT2D eigenvalue weighted by Crippen LogP contribution is 2.31. The lowest BCUT2D eigenvalue weighted by Gasteiger charge is -2.07. The van der Waals surface area contributed by atoms with Gasteiger partial charge in [0.05, 0.1) is 28.3 Å². The molecule has 22 heavy (non-hydrogen) atoms. The van der Waals surface area contributed by atoms with Crippen molar-refractivity contribution in [2.45, 2.75) is 19.9 Å². The Hall–Kier alpha value is -2.93. The van der Waals surface area contributed by atoms with Gasteiger partial charge < -0.3 is 0 Å². The normalized spacial score (nSPS) is 11.3. The summed E-state index contributed by atoms with van der Waals surface area (Å²) in [5.74, 6) is 0. The Kier molecular flexibility index (Phi) is 2.80. The van der Waals surface area contributed by atoms with Gasteiger partial charge in [-0.2, -0.15) is 10.4 Å². The molecule has 0 saturated carbocycles. The third-order valence-electron chi connectivity index (χ3n) is 4.02. The van der Waals surface area contributed by atoms with Crippen molar-refractivity contribution in [2.24, 2.45) is 0 Å². The highest BCUT2D eigenvalue weighted by Gasteiger charge is 2.14. The highest BCUT2D eigenvalue weighted by atomic mass is 15.3. The molecular weight excluding hydrogens is 272 g/mol. The average molecular weight is 286 g/mol. The number of para-hydroxylation sites is 1. The van der Waals surface area contributed by atoms with E-state index in [2.05, 4.69) is 18.1 Å². The smallest absolute Gasteiger partial charge is 0.101 e. The van der Waals surface area contributed by atoms with E-state index in [0.29, 0.717) is 5.56 Å². The van der Waals surface area contributed by atoms with Crippen LogP contribution in [0.4, 0.5) is 0 Å². The molecule has 0 atom stereocenters. The first-order chi connectivity index (χ1) is 10.8. The van der Waals surface area contributed by atoms with Gasteiger partial charge in [0.1, 0.15) is 6.07 Å². The zero-order valence-corrected chi connectivity index (χ0v) is 12.2. The fraction of sp³-hybridized carbons (Fsp3) is 0.167. The number of nitrogens with zero attached hydrogens (tertiary/aromatic N) is 4. The Balaban J connectivity index is 2.21. The van der Waals surface area contributed by atoms with E-state index in [1.807, 2.05) is 47.3 Å². The maximum absolute atomic E-state index is 9.70. The lowest BCUT2D eigenvalue weighted by molar-refractivity contribution is 0.622. The van der Waals surface area contributed by atoms with Crippen molar-refractivity contribution in [1.82, 2.24) is 14.8 Å². The number of pyridine rings is 1. The third-order valence-corrected chi connectivity index (χ3v) is 4.02. The van der Waals surface area contributed by atoms with Crippen LogP contribution in [0.3, 0.4) is 0 Å². The van der Waals surface area contributed by atoms with Crippen LogP contribution >= 0.6 is 0 Å². The van der Waals surface area contributed by atoms with E-state index >= 15 is 0 Å². The Morgan fingerprint density at radius 1 is 1.09 bits per heavy atom. The molecule has 0 aliphatic carbocycles. The van der Waals surface area contributed by atoms with Crippen molar-refractivity contribution in [3.63, 3.8) is 0 Å². The lowest BCUT2D eigenvalue weighted by Crippen LogP contribution is -1.98. The molecule has 0 spiro atoms. The summed E-state index contributed by atoms with van der Waals surface area (Å²) in [5.41, 5.74) is 3.44. The van der Waals surface area contributed by atoms with Crippen LogP contribution in [0.2, 0.25) is 0 Å². The van der Waals surface area contributed by atoms with Gasteiger partial charge in [-0.15, -0.1) is 0 Å². The Bertz CT molecular complexity index is 1050. The minimum absolute atomic E-state index is 0.683. The molecule has 0 fully saturated rings. The van der Waals surface area contributed by atoms with E-state index in [4.69, 9.17) is 4.98 Å². The predicted octanol–water partition coefficient (Wildman–Crippen LogP) is 4.02. The van der Waals surface area contributed by atoms with Gasteiger partial charge in [-0.05, 0) is 24.6 Å². The second-order valence-electron chi connectivity index (χ2n) is 5.38. The van der Waals surface area contributed by atoms with Crippen LogP contribution in [0.15, 0.2) is 42.6 Å². The lowest BCUT2D eigenvalue weighted by atomic mass is 10.0. The van der Waals surface area contributed by atoms with Crippen LogP contribution < -0.4 is 0 Å². The predicted molar refractivity (Wildman–Crippen MR) is 87.5 cm³/mol. The number of aromatic nitrogens is 3. The fourth-order valence-corrected chi connectivity index (χ4v) is 3.05. The van der Waals surface area contributed by atoms with E-state index in [0.717, 1.165) is 45.7 Å². The van der Waals surface area contributed by atoms with Gasteiger partial charge in [0.2, 0.25) is 0 Å². The molecule has 106 valence electrons. The van der Waals surface area contributed by atoms with E-state index in [-0.39, 0.29) is 0 Å². The van der Waals surface area contributed by atoms with Crippen LogP contribution in [0.5, 0.6) is 0 Å². The number of fused-ring (bicyclic) bond motifs is 4. The molecule has 0 radical (unpaired) electrons. The fourth-order valence-electron chi connectivity index (χ4n) is 3.05. The summed E-state index contributed by atoms with van der Waals surface area (Å²) < 4.78 is 1.99. The number of hydrogen-bond acceptors (Lipinski definition) is 3. The van der Waals surface area contributed by atoms with Crippen LogP contribution in [0.25, 0.3) is 32.7 Å². The van der Waals surface area contributed by atoms with Crippen LogP contribution in [0.1, 0.15) is 18.9 Å². The molecule has 0 aliphatic heterocycles. The summed E-state index contributed by atoms with van der Waals surface area (Å²) in [6, 6.07) is 14.2. The van der Waals surface area contributed by atoms with Gasteiger partial charge in [0, 0.05) is 22.7 Å². The summed E-state index contributed by atoms with van der Waals surface area (Å²) in [5, 5.41) is 17.0.